The smallest absolute Gasteiger partial charge is 0.199 e. The summed E-state index contributed by atoms with van der Waals surface area (Å²) in [5, 5.41) is 3.28. The van der Waals surface area contributed by atoms with E-state index in [2.05, 4.69) is 31.1 Å². The third kappa shape index (κ3) is 2.23. The number of oxazole rings is 1. The molecule has 1 aliphatic heterocycles. The minimum atomic E-state index is 0.0148. The normalized spacial score (nSPS) is 17.9. The molecule has 1 aromatic rings. The molecule has 0 aromatic carbocycles. The predicted octanol–water partition coefficient (Wildman–Crippen LogP) is 2.04. The second kappa shape index (κ2) is 3.63. The highest BCUT2D eigenvalue weighted by Crippen LogP contribution is 2.25. The van der Waals surface area contributed by atoms with Crippen LogP contribution in [0.4, 0.5) is 0 Å². The van der Waals surface area contributed by atoms with Crippen LogP contribution in [0.5, 0.6) is 0 Å². The van der Waals surface area contributed by atoms with Crippen LogP contribution in [0.25, 0.3) is 0 Å². The summed E-state index contributed by atoms with van der Waals surface area (Å²) in [6, 6.07) is 0. The molecule has 1 aliphatic rings. The van der Waals surface area contributed by atoms with E-state index in [1.54, 1.807) is 0 Å². The summed E-state index contributed by atoms with van der Waals surface area (Å²) in [6.07, 6.45) is 1.05. The first-order chi connectivity index (χ1) is 6.97. The van der Waals surface area contributed by atoms with Crippen molar-refractivity contribution in [2.45, 2.75) is 39.5 Å². The molecule has 1 aromatic heterocycles. The van der Waals surface area contributed by atoms with E-state index in [0.29, 0.717) is 0 Å². The van der Waals surface area contributed by atoms with Gasteiger partial charge in [-0.3, -0.25) is 0 Å². The highest BCUT2D eigenvalue weighted by molar-refractivity contribution is 5.13. The number of hydrogen-bond acceptors (Lipinski definition) is 3. The molecule has 1 N–H and O–H groups in total. The molecule has 1 fully saturated rings. The maximum Gasteiger partial charge on any atom is 0.199 e. The topological polar surface area (TPSA) is 38.1 Å². The van der Waals surface area contributed by atoms with E-state index in [9.17, 15) is 0 Å². The van der Waals surface area contributed by atoms with E-state index in [-0.39, 0.29) is 5.41 Å². The number of rotatable bonds is 2. The van der Waals surface area contributed by atoms with Gasteiger partial charge in [0.2, 0.25) is 0 Å². The number of aromatic nitrogens is 1. The molecule has 0 spiro atoms. The minimum Gasteiger partial charge on any atom is -0.445 e. The largest absolute Gasteiger partial charge is 0.445 e. The van der Waals surface area contributed by atoms with E-state index < -0.39 is 0 Å². The lowest BCUT2D eigenvalue weighted by atomic mass is 9.96. The van der Waals surface area contributed by atoms with Crippen LogP contribution < -0.4 is 5.32 Å². The average Bonchev–Trinajstić information content (AvgIpc) is 2.39. The van der Waals surface area contributed by atoms with E-state index in [1.165, 1.54) is 0 Å². The standard InChI is InChI=1S/C12H20N2O/c1-8-10(5-9-6-13-7-9)14-11(15-8)12(2,3)4/h9,13H,5-7H2,1-4H3. The van der Waals surface area contributed by atoms with Crippen LogP contribution >= 0.6 is 0 Å². The zero-order valence-corrected chi connectivity index (χ0v) is 10.1. The number of aryl methyl sites for hydroxylation is 1. The fraction of sp³-hybridized carbons (Fsp3) is 0.750. The van der Waals surface area contributed by atoms with E-state index in [4.69, 9.17) is 4.42 Å². The van der Waals surface area contributed by atoms with Crippen LogP contribution in [0.15, 0.2) is 4.42 Å². The van der Waals surface area contributed by atoms with Gasteiger partial charge in [0, 0.05) is 5.41 Å². The Balaban J connectivity index is 2.13. The van der Waals surface area contributed by atoms with Gasteiger partial charge < -0.3 is 9.73 Å². The van der Waals surface area contributed by atoms with Gasteiger partial charge in [0.1, 0.15) is 5.76 Å². The van der Waals surface area contributed by atoms with Crippen molar-refractivity contribution in [2.24, 2.45) is 5.92 Å². The van der Waals surface area contributed by atoms with Crippen molar-refractivity contribution < 1.29 is 4.42 Å². The molecular formula is C12H20N2O. The Bertz CT molecular complexity index is 345. The molecule has 0 atom stereocenters. The van der Waals surface area contributed by atoms with Crippen LogP contribution in [0.2, 0.25) is 0 Å². The van der Waals surface area contributed by atoms with Crippen molar-refractivity contribution in [1.29, 1.82) is 0 Å². The predicted molar refractivity (Wildman–Crippen MR) is 60.0 cm³/mol. The van der Waals surface area contributed by atoms with Crippen molar-refractivity contribution in [3.05, 3.63) is 17.3 Å². The van der Waals surface area contributed by atoms with Gasteiger partial charge in [-0.2, -0.15) is 0 Å². The van der Waals surface area contributed by atoms with E-state index >= 15 is 0 Å². The molecule has 0 bridgehead atoms. The van der Waals surface area contributed by atoms with Gasteiger partial charge in [-0.1, -0.05) is 20.8 Å². The summed E-state index contributed by atoms with van der Waals surface area (Å²) in [4.78, 5) is 4.61. The lowest BCUT2D eigenvalue weighted by molar-refractivity contribution is 0.342. The SMILES string of the molecule is Cc1oc(C(C)(C)C)nc1CC1CNC1. The second-order valence-corrected chi connectivity index (χ2v) is 5.50. The number of nitrogens with one attached hydrogen (secondary N) is 1. The summed E-state index contributed by atoms with van der Waals surface area (Å²) in [5.41, 5.74) is 1.16. The van der Waals surface area contributed by atoms with Crippen LogP contribution in [-0.4, -0.2) is 18.1 Å². The molecule has 3 nitrogen and oxygen atoms in total. The van der Waals surface area contributed by atoms with Gasteiger partial charge >= 0.3 is 0 Å². The van der Waals surface area contributed by atoms with Crippen LogP contribution in [0.3, 0.4) is 0 Å². The van der Waals surface area contributed by atoms with Crippen LogP contribution in [-0.2, 0) is 11.8 Å². The highest BCUT2D eigenvalue weighted by Gasteiger charge is 2.25. The maximum absolute atomic E-state index is 5.72. The number of hydrogen-bond donors (Lipinski definition) is 1. The molecule has 0 saturated carbocycles. The van der Waals surface area contributed by atoms with Crippen molar-refractivity contribution >= 4 is 0 Å². The monoisotopic (exact) mass is 208 g/mol. The van der Waals surface area contributed by atoms with Crippen molar-refractivity contribution in [3.63, 3.8) is 0 Å². The third-order valence-corrected chi connectivity index (χ3v) is 2.88. The van der Waals surface area contributed by atoms with Crippen LogP contribution in [0, 0.1) is 12.8 Å². The Morgan fingerprint density at radius 3 is 2.47 bits per heavy atom. The molecule has 84 valence electrons. The first kappa shape index (κ1) is 10.7. The molecular weight excluding hydrogens is 188 g/mol. The van der Waals surface area contributed by atoms with E-state index in [1.807, 2.05) is 6.92 Å². The highest BCUT2D eigenvalue weighted by atomic mass is 16.4. The number of nitrogens with zero attached hydrogens (tertiary/aromatic N) is 1. The zero-order valence-electron chi connectivity index (χ0n) is 10.1. The zero-order chi connectivity index (χ0) is 11.1. The van der Waals surface area contributed by atoms with Gasteiger partial charge in [-0.25, -0.2) is 4.98 Å². The molecule has 1 saturated heterocycles. The maximum atomic E-state index is 5.72. The second-order valence-electron chi connectivity index (χ2n) is 5.50. The summed E-state index contributed by atoms with van der Waals surface area (Å²) >= 11 is 0. The lowest BCUT2D eigenvalue weighted by Crippen LogP contribution is -2.43. The van der Waals surface area contributed by atoms with E-state index in [0.717, 1.165) is 42.8 Å². The fourth-order valence-corrected chi connectivity index (χ4v) is 1.70. The molecule has 2 heterocycles. The Hall–Kier alpha value is -0.830. The first-order valence-electron chi connectivity index (χ1n) is 5.64. The average molecular weight is 208 g/mol. The van der Waals surface area contributed by atoms with Gasteiger partial charge in [0.25, 0.3) is 0 Å². The quantitative estimate of drug-likeness (QED) is 0.808. The molecule has 2 rings (SSSR count). The summed E-state index contributed by atoms with van der Waals surface area (Å²) in [7, 11) is 0. The van der Waals surface area contributed by atoms with Gasteiger partial charge in [-0.05, 0) is 32.4 Å². The minimum absolute atomic E-state index is 0.0148. The Morgan fingerprint density at radius 2 is 2.07 bits per heavy atom. The van der Waals surface area contributed by atoms with Gasteiger partial charge in [0.05, 0.1) is 5.69 Å². The van der Waals surface area contributed by atoms with Crippen LogP contribution in [0.1, 0.15) is 38.1 Å². The van der Waals surface area contributed by atoms with Crippen molar-refractivity contribution in [3.8, 4) is 0 Å². The molecule has 3 heteroatoms. The summed E-state index contributed by atoms with van der Waals surface area (Å²) in [5.74, 6) is 2.61. The van der Waals surface area contributed by atoms with Crippen molar-refractivity contribution in [2.75, 3.05) is 13.1 Å². The van der Waals surface area contributed by atoms with Crippen molar-refractivity contribution in [1.82, 2.24) is 10.3 Å². The molecule has 15 heavy (non-hydrogen) atoms. The first-order valence-corrected chi connectivity index (χ1v) is 5.64. The van der Waals surface area contributed by atoms with Gasteiger partial charge in [-0.15, -0.1) is 0 Å². The molecule has 0 aliphatic carbocycles. The third-order valence-electron chi connectivity index (χ3n) is 2.88. The lowest BCUT2D eigenvalue weighted by Gasteiger charge is -2.26. The van der Waals surface area contributed by atoms with Gasteiger partial charge in [0.15, 0.2) is 5.89 Å². The molecule has 0 radical (unpaired) electrons. The fourth-order valence-electron chi connectivity index (χ4n) is 1.70. The Morgan fingerprint density at radius 1 is 1.40 bits per heavy atom. The molecule has 0 amide bonds. The Labute approximate surface area is 91.3 Å². The Kier molecular flexibility index (Phi) is 2.59. The summed E-state index contributed by atoms with van der Waals surface area (Å²) < 4.78 is 5.72. The molecule has 0 unspecified atom stereocenters. The summed E-state index contributed by atoms with van der Waals surface area (Å²) in [6.45, 7) is 10.7.